The third kappa shape index (κ3) is 2.06. The summed E-state index contributed by atoms with van der Waals surface area (Å²) in [5.41, 5.74) is 1.31. The highest BCUT2D eigenvalue weighted by Gasteiger charge is 2.10. The highest BCUT2D eigenvalue weighted by Crippen LogP contribution is 2.24. The van der Waals surface area contributed by atoms with Crippen molar-refractivity contribution in [3.8, 4) is 5.88 Å². The minimum Gasteiger partial charge on any atom is -0.480 e. The van der Waals surface area contributed by atoms with Crippen molar-refractivity contribution < 1.29 is 9.53 Å². The van der Waals surface area contributed by atoms with Gasteiger partial charge in [-0.2, -0.15) is 0 Å². The number of pyridine rings is 1. The largest absolute Gasteiger partial charge is 0.480 e. The Balaban J connectivity index is 3.28. The molecular formula is C9H10BrNO2. The van der Waals surface area contributed by atoms with E-state index in [9.17, 15) is 4.79 Å². The number of carbonyl (C=O) groups excluding carboxylic acids is 1. The zero-order chi connectivity index (χ0) is 10.0. The maximum atomic E-state index is 11.1. The number of halogens is 1. The van der Waals surface area contributed by atoms with Crippen LogP contribution in [0.3, 0.4) is 0 Å². The van der Waals surface area contributed by atoms with Gasteiger partial charge in [-0.05, 0) is 35.8 Å². The molecule has 1 rings (SSSR count). The van der Waals surface area contributed by atoms with Crippen LogP contribution in [0.5, 0.6) is 5.88 Å². The van der Waals surface area contributed by atoms with Crippen molar-refractivity contribution in [1.82, 2.24) is 4.98 Å². The fraction of sp³-hybridized carbons (Fsp3) is 0.333. The van der Waals surface area contributed by atoms with Gasteiger partial charge in [-0.3, -0.25) is 4.79 Å². The maximum Gasteiger partial charge on any atom is 0.227 e. The van der Waals surface area contributed by atoms with Crippen LogP contribution in [0.4, 0.5) is 0 Å². The number of hydrogen-bond donors (Lipinski definition) is 0. The number of aromatic nitrogens is 1. The lowest BCUT2D eigenvalue weighted by atomic mass is 10.1. The van der Waals surface area contributed by atoms with Gasteiger partial charge in [0, 0.05) is 5.56 Å². The second-order valence-corrected chi connectivity index (χ2v) is 3.52. The first-order valence-corrected chi connectivity index (χ1v) is 4.57. The molecule has 13 heavy (non-hydrogen) atoms. The Morgan fingerprint density at radius 2 is 2.23 bits per heavy atom. The summed E-state index contributed by atoms with van der Waals surface area (Å²) in [6.07, 6.45) is 0. The second-order valence-electron chi connectivity index (χ2n) is 2.67. The number of carbonyl (C=O) groups is 1. The predicted molar refractivity (Wildman–Crippen MR) is 53.2 cm³/mol. The molecule has 1 heterocycles. The zero-order valence-electron chi connectivity index (χ0n) is 7.72. The molecule has 0 bridgehead atoms. The van der Waals surface area contributed by atoms with E-state index in [0.717, 1.165) is 0 Å². The first-order valence-electron chi connectivity index (χ1n) is 3.78. The molecule has 0 saturated carbocycles. The summed E-state index contributed by atoms with van der Waals surface area (Å²) in [6.45, 7) is 3.30. The quantitative estimate of drug-likeness (QED) is 0.749. The summed E-state index contributed by atoms with van der Waals surface area (Å²) in [4.78, 5) is 15.2. The van der Waals surface area contributed by atoms with Crippen LogP contribution in [-0.2, 0) is 0 Å². The summed E-state index contributed by atoms with van der Waals surface area (Å²) in [7, 11) is 1.54. The molecule has 0 spiro atoms. The van der Waals surface area contributed by atoms with Crippen LogP contribution in [0.15, 0.2) is 10.5 Å². The molecule has 3 nitrogen and oxygen atoms in total. The third-order valence-electron chi connectivity index (χ3n) is 1.71. The molecule has 70 valence electrons. The molecule has 0 radical (unpaired) electrons. The molecule has 0 aliphatic carbocycles. The number of nitrogens with zero attached hydrogens (tertiary/aromatic N) is 1. The highest BCUT2D eigenvalue weighted by atomic mass is 79.9. The van der Waals surface area contributed by atoms with Gasteiger partial charge in [-0.25, -0.2) is 4.98 Å². The van der Waals surface area contributed by atoms with E-state index in [4.69, 9.17) is 4.74 Å². The molecule has 0 aliphatic heterocycles. The summed E-state index contributed by atoms with van der Waals surface area (Å²) < 4.78 is 5.69. The average Bonchev–Trinajstić information content (AvgIpc) is 2.07. The lowest BCUT2D eigenvalue weighted by Gasteiger charge is -2.06. The van der Waals surface area contributed by atoms with Crippen LogP contribution in [0.1, 0.15) is 23.0 Å². The Bertz CT molecular complexity index is 350. The molecule has 0 aliphatic rings. The van der Waals surface area contributed by atoms with Gasteiger partial charge in [-0.15, -0.1) is 0 Å². The molecule has 1 aromatic heterocycles. The number of Topliss-reactive ketones (excluding diaryl/α,β-unsaturated/α-hetero) is 1. The summed E-state index contributed by atoms with van der Waals surface area (Å²) >= 11 is 3.27. The Morgan fingerprint density at radius 1 is 1.62 bits per heavy atom. The summed E-state index contributed by atoms with van der Waals surface area (Å²) in [5.74, 6) is 0.510. The summed E-state index contributed by atoms with van der Waals surface area (Å²) in [5, 5.41) is 0. The number of methoxy groups -OCH3 is 1. The zero-order valence-corrected chi connectivity index (χ0v) is 9.31. The molecule has 0 unspecified atom stereocenters. The van der Waals surface area contributed by atoms with Crippen LogP contribution >= 0.6 is 15.9 Å². The van der Waals surface area contributed by atoms with E-state index in [1.165, 1.54) is 6.92 Å². The molecule has 4 heteroatoms. The van der Waals surface area contributed by atoms with Gasteiger partial charge in [-0.1, -0.05) is 0 Å². The Morgan fingerprint density at radius 3 is 2.69 bits per heavy atom. The fourth-order valence-electron chi connectivity index (χ4n) is 1.06. The first-order chi connectivity index (χ1) is 6.06. The van der Waals surface area contributed by atoms with Crippen LogP contribution in [-0.4, -0.2) is 17.9 Å². The van der Waals surface area contributed by atoms with Gasteiger partial charge in [0.15, 0.2) is 5.78 Å². The fourth-order valence-corrected chi connectivity index (χ4v) is 1.54. The molecule has 0 saturated heterocycles. The van der Waals surface area contributed by atoms with Crippen molar-refractivity contribution in [2.24, 2.45) is 0 Å². The van der Waals surface area contributed by atoms with E-state index in [0.29, 0.717) is 21.6 Å². The van der Waals surface area contributed by atoms with Gasteiger partial charge in [0.2, 0.25) is 5.88 Å². The average molecular weight is 244 g/mol. The lowest BCUT2D eigenvalue weighted by molar-refractivity contribution is 0.101. The number of rotatable bonds is 2. The predicted octanol–water partition coefficient (Wildman–Crippen LogP) is 2.36. The van der Waals surface area contributed by atoms with E-state index in [1.807, 2.05) is 0 Å². The molecule has 0 amide bonds. The molecule has 1 aromatic rings. The standard InChI is InChI=1S/C9H10BrNO2/c1-5-7(6(2)12)4-8(10)9(11-5)13-3/h4H,1-3H3. The minimum absolute atomic E-state index is 0.00773. The van der Waals surface area contributed by atoms with Gasteiger partial charge < -0.3 is 4.74 Å². The van der Waals surface area contributed by atoms with Crippen molar-refractivity contribution >= 4 is 21.7 Å². The topological polar surface area (TPSA) is 39.2 Å². The smallest absolute Gasteiger partial charge is 0.227 e. The van der Waals surface area contributed by atoms with Gasteiger partial charge >= 0.3 is 0 Å². The first kappa shape index (κ1) is 10.2. The molecule has 0 N–H and O–H groups in total. The van der Waals surface area contributed by atoms with Gasteiger partial charge in [0.25, 0.3) is 0 Å². The van der Waals surface area contributed by atoms with E-state index in [2.05, 4.69) is 20.9 Å². The normalized spacial score (nSPS) is 9.85. The van der Waals surface area contributed by atoms with Crippen LogP contribution in [0, 0.1) is 6.92 Å². The van der Waals surface area contributed by atoms with Crippen LogP contribution in [0.25, 0.3) is 0 Å². The van der Waals surface area contributed by atoms with E-state index in [-0.39, 0.29) is 5.78 Å². The lowest BCUT2D eigenvalue weighted by Crippen LogP contribution is -2.01. The van der Waals surface area contributed by atoms with E-state index < -0.39 is 0 Å². The van der Waals surface area contributed by atoms with Crippen LogP contribution in [0.2, 0.25) is 0 Å². The van der Waals surface area contributed by atoms with Crippen molar-refractivity contribution in [2.75, 3.05) is 7.11 Å². The highest BCUT2D eigenvalue weighted by molar-refractivity contribution is 9.10. The van der Waals surface area contributed by atoms with Crippen molar-refractivity contribution in [3.05, 3.63) is 21.8 Å². The molecule has 0 fully saturated rings. The molecular weight excluding hydrogens is 234 g/mol. The number of ketones is 1. The molecule has 0 aromatic carbocycles. The van der Waals surface area contributed by atoms with Gasteiger partial charge in [0.1, 0.15) is 0 Å². The SMILES string of the molecule is COc1nc(C)c(C(C)=O)cc1Br. The monoisotopic (exact) mass is 243 g/mol. The summed E-state index contributed by atoms with van der Waals surface area (Å²) in [6, 6.07) is 1.73. The Labute approximate surface area is 85.3 Å². The van der Waals surface area contributed by atoms with Crippen molar-refractivity contribution in [1.29, 1.82) is 0 Å². The Kier molecular flexibility index (Phi) is 3.03. The molecule has 0 atom stereocenters. The third-order valence-corrected chi connectivity index (χ3v) is 2.28. The number of aryl methyl sites for hydroxylation is 1. The Hall–Kier alpha value is -0.900. The van der Waals surface area contributed by atoms with E-state index >= 15 is 0 Å². The number of hydrogen-bond acceptors (Lipinski definition) is 3. The minimum atomic E-state index is 0.00773. The second kappa shape index (κ2) is 3.87. The maximum absolute atomic E-state index is 11.1. The van der Waals surface area contributed by atoms with Gasteiger partial charge in [0.05, 0.1) is 17.3 Å². The van der Waals surface area contributed by atoms with E-state index in [1.54, 1.807) is 20.1 Å². The van der Waals surface area contributed by atoms with Crippen LogP contribution < -0.4 is 4.74 Å². The van der Waals surface area contributed by atoms with Crippen molar-refractivity contribution in [3.63, 3.8) is 0 Å². The van der Waals surface area contributed by atoms with Crippen molar-refractivity contribution in [2.45, 2.75) is 13.8 Å². The number of ether oxygens (including phenoxy) is 1.